The summed E-state index contributed by atoms with van der Waals surface area (Å²) in [6.07, 6.45) is 2.38. The van der Waals surface area contributed by atoms with Gasteiger partial charge in [0.2, 0.25) is 0 Å². The van der Waals surface area contributed by atoms with Crippen LogP contribution in [0.5, 0.6) is 0 Å². The zero-order valence-corrected chi connectivity index (χ0v) is 14.2. The van der Waals surface area contributed by atoms with Crippen molar-refractivity contribution in [2.45, 2.75) is 56.7 Å². The van der Waals surface area contributed by atoms with Crippen LogP contribution in [0, 0.1) is 0 Å². The maximum Gasteiger partial charge on any atom is 0.0302 e. The van der Waals surface area contributed by atoms with Crippen molar-refractivity contribution in [2.24, 2.45) is 0 Å². The fraction of sp³-hybridized carbons (Fsp3) is 0.600. The lowest BCUT2D eigenvalue weighted by Crippen LogP contribution is -2.19. The molecule has 0 spiro atoms. The molecule has 0 saturated carbocycles. The molecule has 1 aromatic carbocycles. The lowest BCUT2D eigenvalue weighted by atomic mass is 10.1. The van der Waals surface area contributed by atoms with E-state index >= 15 is 0 Å². The Hall–Kier alpha value is 0.01000. The minimum atomic E-state index is 0.405. The first-order valence-electron chi connectivity index (χ1n) is 6.77. The molecule has 0 saturated heterocycles. The average Bonchev–Trinajstić information content (AvgIpc) is 2.36. The average molecular weight is 330 g/mol. The van der Waals surface area contributed by atoms with E-state index in [2.05, 4.69) is 67.1 Å². The highest BCUT2D eigenvalue weighted by Crippen LogP contribution is 2.31. The lowest BCUT2D eigenvalue weighted by molar-refractivity contribution is 0.568. The highest BCUT2D eigenvalue weighted by atomic mass is 79.9. The van der Waals surface area contributed by atoms with E-state index in [4.69, 9.17) is 0 Å². The first-order chi connectivity index (χ1) is 8.58. The van der Waals surface area contributed by atoms with E-state index < -0.39 is 0 Å². The first kappa shape index (κ1) is 16.1. The third kappa shape index (κ3) is 4.94. The first-order valence-corrected chi connectivity index (χ1v) is 8.45. The van der Waals surface area contributed by atoms with Crippen molar-refractivity contribution >= 4 is 27.7 Å². The summed E-state index contributed by atoms with van der Waals surface area (Å²) < 4.78 is 1.21. The van der Waals surface area contributed by atoms with E-state index in [1.807, 2.05) is 11.8 Å². The summed E-state index contributed by atoms with van der Waals surface area (Å²) >= 11 is 5.64. The van der Waals surface area contributed by atoms with Crippen LogP contribution >= 0.6 is 27.7 Å². The summed E-state index contributed by atoms with van der Waals surface area (Å²) in [4.78, 5) is 1.35. The Morgan fingerprint density at radius 2 is 2.00 bits per heavy atom. The monoisotopic (exact) mass is 329 g/mol. The molecule has 1 rings (SSSR count). The molecule has 0 heterocycles. The van der Waals surface area contributed by atoms with E-state index in [1.54, 1.807) is 0 Å². The Bertz CT molecular complexity index is 368. The van der Waals surface area contributed by atoms with Gasteiger partial charge in [0.15, 0.2) is 0 Å². The lowest BCUT2D eigenvalue weighted by Gasteiger charge is -2.17. The van der Waals surface area contributed by atoms with Crippen LogP contribution in [-0.4, -0.2) is 11.8 Å². The molecule has 0 aliphatic heterocycles. The van der Waals surface area contributed by atoms with Gasteiger partial charge in [0, 0.05) is 20.7 Å². The molecule has 0 radical (unpaired) electrons. The van der Waals surface area contributed by atoms with E-state index in [9.17, 15) is 0 Å². The minimum absolute atomic E-state index is 0.405. The van der Waals surface area contributed by atoms with Gasteiger partial charge < -0.3 is 5.32 Å². The number of rotatable bonds is 7. The molecule has 1 aromatic rings. The van der Waals surface area contributed by atoms with Crippen LogP contribution in [0.4, 0.5) is 0 Å². The summed E-state index contributed by atoms with van der Waals surface area (Å²) in [5.41, 5.74) is 1.34. The van der Waals surface area contributed by atoms with Crippen molar-refractivity contribution in [1.82, 2.24) is 5.32 Å². The normalized spacial score (nSPS) is 14.5. The fourth-order valence-corrected chi connectivity index (χ4v) is 3.56. The smallest absolute Gasteiger partial charge is 0.0302 e. The second-order valence-electron chi connectivity index (χ2n) is 4.70. The van der Waals surface area contributed by atoms with Gasteiger partial charge in [-0.15, -0.1) is 11.8 Å². The van der Waals surface area contributed by atoms with Crippen LogP contribution in [0.25, 0.3) is 0 Å². The Morgan fingerprint density at radius 3 is 2.56 bits per heavy atom. The summed E-state index contributed by atoms with van der Waals surface area (Å²) in [6, 6.07) is 7.13. The van der Waals surface area contributed by atoms with Gasteiger partial charge in [-0.25, -0.2) is 0 Å². The van der Waals surface area contributed by atoms with Crippen molar-refractivity contribution in [3.8, 4) is 0 Å². The largest absolute Gasteiger partial charge is 0.310 e. The van der Waals surface area contributed by atoms with Crippen LogP contribution in [0.2, 0.25) is 0 Å². The van der Waals surface area contributed by atoms with Gasteiger partial charge in [-0.2, -0.15) is 0 Å². The van der Waals surface area contributed by atoms with Crippen LogP contribution in [-0.2, 0) is 0 Å². The summed E-state index contributed by atoms with van der Waals surface area (Å²) in [6.45, 7) is 9.99. The van der Waals surface area contributed by atoms with Crippen molar-refractivity contribution in [1.29, 1.82) is 0 Å². The number of halogens is 1. The second-order valence-corrected chi connectivity index (χ2v) is 7.06. The number of hydrogen-bond donors (Lipinski definition) is 1. The van der Waals surface area contributed by atoms with Gasteiger partial charge >= 0.3 is 0 Å². The summed E-state index contributed by atoms with van der Waals surface area (Å²) in [5, 5.41) is 4.20. The van der Waals surface area contributed by atoms with Crippen molar-refractivity contribution in [3.05, 3.63) is 28.2 Å². The zero-order chi connectivity index (χ0) is 13.5. The number of nitrogens with one attached hydrogen (secondary N) is 1. The van der Waals surface area contributed by atoms with Crippen molar-refractivity contribution in [3.63, 3.8) is 0 Å². The molecule has 18 heavy (non-hydrogen) atoms. The van der Waals surface area contributed by atoms with Crippen LogP contribution in [0.3, 0.4) is 0 Å². The predicted molar refractivity (Wildman–Crippen MR) is 86.5 cm³/mol. The van der Waals surface area contributed by atoms with Gasteiger partial charge in [-0.3, -0.25) is 0 Å². The molecule has 2 atom stereocenters. The molecular formula is C15H24BrNS. The van der Waals surface area contributed by atoms with Gasteiger partial charge in [-0.05, 0) is 44.0 Å². The molecule has 0 bridgehead atoms. The van der Waals surface area contributed by atoms with Gasteiger partial charge in [0.25, 0.3) is 0 Å². The Kier molecular flexibility index (Phi) is 7.35. The molecule has 2 unspecified atom stereocenters. The molecule has 0 fully saturated rings. The third-order valence-electron chi connectivity index (χ3n) is 3.05. The molecule has 1 N–H and O–H groups in total. The molecule has 1 nitrogen and oxygen atoms in total. The Morgan fingerprint density at radius 1 is 1.28 bits per heavy atom. The maximum atomic E-state index is 3.70. The number of hydrogen-bond acceptors (Lipinski definition) is 2. The van der Waals surface area contributed by atoms with E-state index in [-0.39, 0.29) is 0 Å². The molecule has 0 aliphatic rings. The SMILES string of the molecule is CCCNC(C)c1ccc(SC(C)CC)cc1Br. The van der Waals surface area contributed by atoms with Gasteiger partial charge in [0.05, 0.1) is 0 Å². The predicted octanol–water partition coefficient (Wildman–Crippen LogP) is 5.40. The summed E-state index contributed by atoms with van der Waals surface area (Å²) in [7, 11) is 0. The molecule has 3 heteroatoms. The number of benzene rings is 1. The van der Waals surface area contributed by atoms with Gasteiger partial charge in [-0.1, -0.05) is 42.8 Å². The quantitative estimate of drug-likeness (QED) is 0.672. The topological polar surface area (TPSA) is 12.0 Å². The maximum absolute atomic E-state index is 3.70. The number of thioether (sulfide) groups is 1. The Labute approximate surface area is 124 Å². The van der Waals surface area contributed by atoms with E-state index in [0.717, 1.165) is 6.54 Å². The highest BCUT2D eigenvalue weighted by molar-refractivity contribution is 9.10. The second kappa shape index (κ2) is 8.23. The Balaban J connectivity index is 2.72. The van der Waals surface area contributed by atoms with E-state index in [1.165, 1.54) is 27.8 Å². The highest BCUT2D eigenvalue weighted by Gasteiger charge is 2.10. The zero-order valence-electron chi connectivity index (χ0n) is 11.8. The third-order valence-corrected chi connectivity index (χ3v) is 5.00. The molecule has 0 aliphatic carbocycles. The molecule has 102 valence electrons. The fourth-order valence-electron chi connectivity index (χ4n) is 1.72. The van der Waals surface area contributed by atoms with Crippen molar-refractivity contribution in [2.75, 3.05) is 6.54 Å². The minimum Gasteiger partial charge on any atom is -0.310 e. The van der Waals surface area contributed by atoms with Crippen LogP contribution in [0.15, 0.2) is 27.6 Å². The standard InChI is InChI=1S/C15H24BrNS/c1-5-9-17-12(4)14-8-7-13(10-15(14)16)18-11(3)6-2/h7-8,10-12,17H,5-6,9H2,1-4H3. The molecule has 0 aromatic heterocycles. The van der Waals surface area contributed by atoms with Crippen molar-refractivity contribution < 1.29 is 0 Å². The molecule has 0 amide bonds. The van der Waals surface area contributed by atoms with E-state index in [0.29, 0.717) is 11.3 Å². The van der Waals surface area contributed by atoms with Gasteiger partial charge in [0.1, 0.15) is 0 Å². The van der Waals surface area contributed by atoms with Crippen LogP contribution < -0.4 is 5.32 Å². The molecular weight excluding hydrogens is 306 g/mol. The summed E-state index contributed by atoms with van der Waals surface area (Å²) in [5.74, 6) is 0. The van der Waals surface area contributed by atoms with Crippen LogP contribution in [0.1, 0.15) is 52.1 Å².